The van der Waals surface area contributed by atoms with Crippen molar-refractivity contribution in [2.75, 3.05) is 13.7 Å². The van der Waals surface area contributed by atoms with Gasteiger partial charge < -0.3 is 19.4 Å². The summed E-state index contributed by atoms with van der Waals surface area (Å²) in [5.74, 6) is 1.19. The van der Waals surface area contributed by atoms with E-state index in [-0.39, 0.29) is 5.91 Å². The predicted molar refractivity (Wildman–Crippen MR) is 115 cm³/mol. The Kier molecular flexibility index (Phi) is 6.78. The van der Waals surface area contributed by atoms with Crippen LogP contribution in [-0.4, -0.2) is 38.3 Å². The first-order chi connectivity index (χ1) is 14.9. The number of hydrogen-bond donors (Lipinski definition) is 1. The van der Waals surface area contributed by atoms with Crippen molar-refractivity contribution in [3.8, 4) is 11.5 Å². The van der Waals surface area contributed by atoms with Crippen molar-refractivity contribution in [3.05, 3.63) is 50.9 Å². The molecule has 2 aromatic heterocycles. The molecule has 0 radical (unpaired) electrons. The fourth-order valence-corrected chi connectivity index (χ4v) is 3.36. The Bertz CT molecular complexity index is 1210. The first-order valence-corrected chi connectivity index (χ1v) is 10.0. The first-order valence-electron chi connectivity index (χ1n) is 10.0. The lowest BCUT2D eigenvalue weighted by atomic mass is 10.2. The lowest BCUT2D eigenvalue weighted by Gasteiger charge is -2.11. The number of nitrogens with one attached hydrogen (secondary N) is 1. The summed E-state index contributed by atoms with van der Waals surface area (Å²) in [5, 5.41) is 2.88. The molecule has 0 aliphatic carbocycles. The number of imidazole rings is 1. The van der Waals surface area contributed by atoms with E-state index in [0.29, 0.717) is 55.2 Å². The summed E-state index contributed by atoms with van der Waals surface area (Å²) in [6, 6.07) is 5.54. The molecule has 0 aliphatic heterocycles. The monoisotopic (exact) mass is 429 g/mol. The van der Waals surface area contributed by atoms with Gasteiger partial charge in [0.15, 0.2) is 22.7 Å². The van der Waals surface area contributed by atoms with Crippen molar-refractivity contribution in [2.24, 2.45) is 14.1 Å². The minimum absolute atomic E-state index is 0.0995. The molecule has 0 atom stereocenters. The van der Waals surface area contributed by atoms with E-state index in [1.54, 1.807) is 18.7 Å². The van der Waals surface area contributed by atoms with Gasteiger partial charge in [-0.25, -0.2) is 9.78 Å². The van der Waals surface area contributed by atoms with Crippen molar-refractivity contribution >= 4 is 17.1 Å². The van der Waals surface area contributed by atoms with Gasteiger partial charge in [0.2, 0.25) is 5.91 Å². The molecule has 31 heavy (non-hydrogen) atoms. The van der Waals surface area contributed by atoms with Crippen LogP contribution in [0.2, 0.25) is 0 Å². The molecule has 1 amide bonds. The van der Waals surface area contributed by atoms with Gasteiger partial charge in [-0.05, 0) is 31.0 Å². The molecule has 0 saturated heterocycles. The molecule has 1 N–H and O–H groups in total. The second-order valence-electron chi connectivity index (χ2n) is 7.11. The molecule has 10 nitrogen and oxygen atoms in total. The molecular weight excluding hydrogens is 402 g/mol. The maximum absolute atomic E-state index is 12.4. The Morgan fingerprint density at radius 3 is 2.65 bits per heavy atom. The third kappa shape index (κ3) is 4.62. The molecule has 0 unspecified atom stereocenters. The van der Waals surface area contributed by atoms with Crippen molar-refractivity contribution in [2.45, 2.75) is 32.9 Å². The Morgan fingerprint density at radius 1 is 1.16 bits per heavy atom. The highest BCUT2D eigenvalue weighted by Crippen LogP contribution is 2.27. The van der Waals surface area contributed by atoms with Gasteiger partial charge in [-0.2, -0.15) is 0 Å². The smallest absolute Gasteiger partial charge is 0.332 e. The zero-order valence-corrected chi connectivity index (χ0v) is 18.2. The number of nitrogens with zero attached hydrogens (tertiary/aromatic N) is 4. The van der Waals surface area contributed by atoms with Gasteiger partial charge in [0.05, 0.1) is 20.0 Å². The number of carbonyl (C=O) groups is 1. The van der Waals surface area contributed by atoms with E-state index in [9.17, 15) is 14.4 Å². The summed E-state index contributed by atoms with van der Waals surface area (Å²) in [5.41, 5.74) is 0.768. The average Bonchev–Trinajstić information content (AvgIpc) is 3.19. The lowest BCUT2D eigenvalue weighted by Crippen LogP contribution is -2.37. The van der Waals surface area contributed by atoms with Crippen LogP contribution in [0.5, 0.6) is 11.5 Å². The van der Waals surface area contributed by atoms with Crippen LogP contribution >= 0.6 is 0 Å². The van der Waals surface area contributed by atoms with Gasteiger partial charge in [0.25, 0.3) is 5.56 Å². The highest BCUT2D eigenvalue weighted by molar-refractivity contribution is 5.76. The zero-order chi connectivity index (χ0) is 22.5. The summed E-state index contributed by atoms with van der Waals surface area (Å²) in [6.07, 6.45) is 2.34. The predicted octanol–water partition coefficient (Wildman–Crippen LogP) is 0.938. The molecule has 3 aromatic rings. The number of ether oxygens (including phenoxy) is 2. The highest BCUT2D eigenvalue weighted by atomic mass is 16.5. The van der Waals surface area contributed by atoms with Crippen LogP contribution in [0.15, 0.2) is 34.1 Å². The summed E-state index contributed by atoms with van der Waals surface area (Å²) >= 11 is 0. The topological polar surface area (TPSA) is 109 Å². The van der Waals surface area contributed by atoms with Gasteiger partial charge in [0, 0.05) is 33.6 Å². The second-order valence-corrected chi connectivity index (χ2v) is 7.11. The zero-order valence-electron chi connectivity index (χ0n) is 18.2. The summed E-state index contributed by atoms with van der Waals surface area (Å²) < 4.78 is 14.9. The number of aromatic nitrogens is 4. The fraction of sp³-hybridized carbons (Fsp3) is 0.429. The van der Waals surface area contributed by atoms with Crippen LogP contribution in [0.1, 0.15) is 25.3 Å². The Morgan fingerprint density at radius 2 is 1.94 bits per heavy atom. The first kappa shape index (κ1) is 22.1. The van der Waals surface area contributed by atoms with E-state index in [1.807, 2.05) is 25.1 Å². The van der Waals surface area contributed by atoms with Crippen LogP contribution in [0, 0.1) is 0 Å². The van der Waals surface area contributed by atoms with Gasteiger partial charge >= 0.3 is 5.69 Å². The largest absolute Gasteiger partial charge is 0.493 e. The summed E-state index contributed by atoms with van der Waals surface area (Å²) in [4.78, 5) is 40.9. The second kappa shape index (κ2) is 9.50. The minimum Gasteiger partial charge on any atom is -0.493 e. The maximum atomic E-state index is 12.4. The lowest BCUT2D eigenvalue weighted by molar-refractivity contribution is -0.121. The quantitative estimate of drug-likeness (QED) is 0.542. The number of amides is 1. The van der Waals surface area contributed by atoms with Crippen LogP contribution in [-0.2, 0) is 32.0 Å². The fourth-order valence-electron chi connectivity index (χ4n) is 3.36. The Balaban J connectivity index is 1.58. The van der Waals surface area contributed by atoms with Crippen LogP contribution in [0.25, 0.3) is 11.2 Å². The minimum atomic E-state index is -0.423. The normalized spacial score (nSPS) is 11.0. The molecule has 0 bridgehead atoms. The van der Waals surface area contributed by atoms with E-state index < -0.39 is 11.2 Å². The molecule has 0 saturated carbocycles. The number of carbonyl (C=O) groups excluding carboxylic acids is 1. The number of rotatable bonds is 9. The number of methoxy groups -OCH3 is 1. The van der Waals surface area contributed by atoms with Crippen molar-refractivity contribution in [3.63, 3.8) is 0 Å². The van der Waals surface area contributed by atoms with Gasteiger partial charge in [-0.3, -0.25) is 18.7 Å². The summed E-state index contributed by atoms with van der Waals surface area (Å²) in [7, 11) is 4.58. The highest BCUT2D eigenvalue weighted by Gasteiger charge is 2.14. The molecule has 0 fully saturated rings. The molecule has 0 aliphatic rings. The van der Waals surface area contributed by atoms with Crippen LogP contribution < -0.4 is 26.0 Å². The third-order valence-corrected chi connectivity index (χ3v) is 5.04. The number of benzene rings is 1. The van der Waals surface area contributed by atoms with E-state index in [1.165, 1.54) is 17.9 Å². The maximum Gasteiger partial charge on any atom is 0.332 e. The molecule has 1 aromatic carbocycles. The van der Waals surface area contributed by atoms with E-state index >= 15 is 0 Å². The standard InChI is InChI=1S/C21H27N5O5/c1-5-31-15-9-8-14(11-16(15)30-4)12-22-17(27)7-6-10-26-13-23-19-18(26)20(28)25(3)21(29)24(19)2/h8-9,11,13H,5-7,10,12H2,1-4H3,(H,22,27). The third-order valence-electron chi connectivity index (χ3n) is 5.04. The Labute approximate surface area is 179 Å². The molecule has 2 heterocycles. The number of fused-ring (bicyclic) bond motifs is 1. The van der Waals surface area contributed by atoms with E-state index in [2.05, 4.69) is 10.3 Å². The van der Waals surface area contributed by atoms with E-state index in [0.717, 1.165) is 10.1 Å². The number of hydrogen-bond acceptors (Lipinski definition) is 6. The SMILES string of the molecule is CCOc1ccc(CNC(=O)CCCn2cnc3c2c(=O)n(C)c(=O)n3C)cc1OC. The van der Waals surface area contributed by atoms with Crippen molar-refractivity contribution in [1.29, 1.82) is 0 Å². The van der Waals surface area contributed by atoms with E-state index in [4.69, 9.17) is 9.47 Å². The number of aryl methyl sites for hydroxylation is 2. The van der Waals surface area contributed by atoms with Crippen molar-refractivity contribution in [1.82, 2.24) is 24.0 Å². The van der Waals surface area contributed by atoms with Gasteiger partial charge in [0.1, 0.15) is 0 Å². The van der Waals surface area contributed by atoms with Gasteiger partial charge in [-0.15, -0.1) is 0 Å². The molecule has 0 spiro atoms. The Hall–Kier alpha value is -3.56. The van der Waals surface area contributed by atoms with Gasteiger partial charge in [-0.1, -0.05) is 6.07 Å². The molecular formula is C21H27N5O5. The molecule has 3 rings (SSSR count). The van der Waals surface area contributed by atoms with Crippen molar-refractivity contribution < 1.29 is 14.3 Å². The van der Waals surface area contributed by atoms with Crippen LogP contribution in [0.3, 0.4) is 0 Å². The molecule has 166 valence electrons. The average molecular weight is 429 g/mol. The molecule has 10 heteroatoms. The van der Waals surface area contributed by atoms with Crippen LogP contribution in [0.4, 0.5) is 0 Å². The summed E-state index contributed by atoms with van der Waals surface area (Å²) in [6.45, 7) is 3.26.